The Kier molecular flexibility index (Phi) is 4.36. The molecule has 11 heavy (non-hydrogen) atoms. The van der Waals surface area contributed by atoms with Gasteiger partial charge in [-0.05, 0) is 6.26 Å². The molecular weight excluding hydrogens is 166 g/mol. The van der Waals surface area contributed by atoms with E-state index in [9.17, 15) is 9.59 Å². The molecule has 0 saturated carbocycles. The summed E-state index contributed by atoms with van der Waals surface area (Å²) in [5.74, 6) is -1.49. The van der Waals surface area contributed by atoms with Crippen LogP contribution in [0.3, 0.4) is 0 Å². The van der Waals surface area contributed by atoms with Crippen LogP contribution in [0.1, 0.15) is 0 Å². The molecule has 0 aliphatic heterocycles. The van der Waals surface area contributed by atoms with E-state index < -0.39 is 5.97 Å². The lowest BCUT2D eigenvalue weighted by Crippen LogP contribution is -2.19. The van der Waals surface area contributed by atoms with E-state index in [-0.39, 0.29) is 10.8 Å². The molecule has 0 fully saturated rings. The van der Waals surface area contributed by atoms with Gasteiger partial charge in [-0.3, -0.25) is 4.79 Å². The number of carbonyl (C=O) groups is 2. The van der Waals surface area contributed by atoms with Gasteiger partial charge in [0, 0.05) is 13.1 Å². The van der Waals surface area contributed by atoms with Crippen LogP contribution in [0.15, 0.2) is 11.0 Å². The van der Waals surface area contributed by atoms with E-state index in [0.717, 1.165) is 17.8 Å². The minimum atomic E-state index is -1.11. The van der Waals surface area contributed by atoms with Gasteiger partial charge in [0.1, 0.15) is 0 Å². The molecule has 0 aliphatic rings. The van der Waals surface area contributed by atoms with Gasteiger partial charge >= 0.3 is 5.97 Å². The molecule has 2 N–H and O–H groups in total. The van der Waals surface area contributed by atoms with Gasteiger partial charge in [-0.2, -0.15) is 0 Å². The molecule has 0 heterocycles. The first-order chi connectivity index (χ1) is 5.11. The quantitative estimate of drug-likeness (QED) is 0.595. The van der Waals surface area contributed by atoms with Crippen LogP contribution in [0, 0.1) is 0 Å². The Hall–Kier alpha value is -0.970. The normalized spacial score (nSPS) is 10.9. The highest BCUT2D eigenvalue weighted by atomic mass is 32.2. The SMILES string of the molecule is CNC(=O)/C(=C\C(=O)O)SC. The van der Waals surface area contributed by atoms with Crippen LogP contribution in [0.25, 0.3) is 0 Å². The van der Waals surface area contributed by atoms with Crippen molar-refractivity contribution < 1.29 is 14.7 Å². The first-order valence-corrected chi connectivity index (χ1v) is 4.05. The lowest BCUT2D eigenvalue weighted by atomic mass is 10.4. The number of carbonyl (C=O) groups excluding carboxylic acids is 1. The number of likely N-dealkylation sites (N-methyl/N-ethyl adjacent to an activating group) is 1. The van der Waals surface area contributed by atoms with Crippen LogP contribution in [-0.4, -0.2) is 30.3 Å². The van der Waals surface area contributed by atoms with Crippen molar-refractivity contribution in [1.82, 2.24) is 5.32 Å². The monoisotopic (exact) mass is 175 g/mol. The summed E-state index contributed by atoms with van der Waals surface area (Å²) in [4.78, 5) is 21.1. The molecule has 0 aromatic carbocycles. The van der Waals surface area contributed by atoms with Crippen LogP contribution in [-0.2, 0) is 9.59 Å². The molecular formula is C6H9NO3S. The zero-order valence-electron chi connectivity index (χ0n) is 6.25. The lowest BCUT2D eigenvalue weighted by Gasteiger charge is -1.98. The van der Waals surface area contributed by atoms with Gasteiger partial charge in [-0.1, -0.05) is 0 Å². The molecule has 0 spiro atoms. The number of carboxylic acid groups (broad SMARTS) is 1. The second kappa shape index (κ2) is 4.79. The number of hydrogen-bond acceptors (Lipinski definition) is 3. The fourth-order valence-electron chi connectivity index (χ4n) is 0.453. The minimum absolute atomic E-state index is 0.194. The van der Waals surface area contributed by atoms with Crippen LogP contribution < -0.4 is 5.32 Å². The largest absolute Gasteiger partial charge is 0.478 e. The molecule has 0 atom stereocenters. The van der Waals surface area contributed by atoms with Gasteiger partial charge in [0.25, 0.3) is 5.91 Å². The number of thioether (sulfide) groups is 1. The lowest BCUT2D eigenvalue weighted by molar-refractivity contribution is -0.131. The Labute approximate surface area is 68.7 Å². The summed E-state index contributed by atoms with van der Waals surface area (Å²) in [5.41, 5.74) is 0. The van der Waals surface area contributed by atoms with Crippen molar-refractivity contribution in [2.24, 2.45) is 0 Å². The zero-order valence-corrected chi connectivity index (χ0v) is 7.07. The second-order valence-electron chi connectivity index (χ2n) is 1.63. The third-order valence-electron chi connectivity index (χ3n) is 0.925. The minimum Gasteiger partial charge on any atom is -0.478 e. The summed E-state index contributed by atoms with van der Waals surface area (Å²) in [6.45, 7) is 0. The summed E-state index contributed by atoms with van der Waals surface area (Å²) in [5, 5.41) is 10.6. The molecule has 0 rings (SSSR count). The maximum atomic E-state index is 10.8. The van der Waals surface area contributed by atoms with Crippen molar-refractivity contribution in [3.05, 3.63) is 11.0 Å². The first-order valence-electron chi connectivity index (χ1n) is 2.82. The third-order valence-corrected chi connectivity index (χ3v) is 1.67. The summed E-state index contributed by atoms with van der Waals surface area (Å²) >= 11 is 1.10. The van der Waals surface area contributed by atoms with Crippen molar-refractivity contribution in [3.8, 4) is 0 Å². The molecule has 0 bridgehead atoms. The number of carboxylic acids is 1. The van der Waals surface area contributed by atoms with Crippen molar-refractivity contribution >= 4 is 23.6 Å². The summed E-state index contributed by atoms with van der Waals surface area (Å²) in [7, 11) is 1.45. The highest BCUT2D eigenvalue weighted by molar-refractivity contribution is 8.03. The van der Waals surface area contributed by atoms with Gasteiger partial charge in [-0.15, -0.1) is 11.8 Å². The fraction of sp³-hybridized carbons (Fsp3) is 0.333. The van der Waals surface area contributed by atoms with Crippen LogP contribution in [0.4, 0.5) is 0 Å². The molecule has 0 unspecified atom stereocenters. The van der Waals surface area contributed by atoms with Gasteiger partial charge in [0.05, 0.1) is 4.91 Å². The maximum absolute atomic E-state index is 10.8. The van der Waals surface area contributed by atoms with E-state index in [1.54, 1.807) is 6.26 Å². The Balaban J connectivity index is 4.39. The van der Waals surface area contributed by atoms with Crippen molar-refractivity contribution in [2.75, 3.05) is 13.3 Å². The van der Waals surface area contributed by atoms with Crippen LogP contribution in [0.2, 0.25) is 0 Å². The number of aliphatic carboxylic acids is 1. The van der Waals surface area contributed by atoms with Gasteiger partial charge in [-0.25, -0.2) is 4.79 Å². The molecule has 0 radical (unpaired) electrons. The highest BCUT2D eigenvalue weighted by Gasteiger charge is 2.06. The van der Waals surface area contributed by atoms with Crippen molar-refractivity contribution in [2.45, 2.75) is 0 Å². The van der Waals surface area contributed by atoms with E-state index in [2.05, 4.69) is 5.32 Å². The predicted octanol–water partition coefficient (Wildman–Crippen LogP) is 0.0639. The Morgan fingerprint density at radius 3 is 2.36 bits per heavy atom. The molecule has 0 saturated heterocycles. The average molecular weight is 175 g/mol. The van der Waals surface area contributed by atoms with Gasteiger partial charge in [0.15, 0.2) is 0 Å². The standard InChI is InChI=1S/C6H9NO3S/c1-7-6(10)4(11-2)3-5(8)9/h3H,1-2H3,(H,7,10)(H,8,9)/b4-3+. The molecule has 4 nitrogen and oxygen atoms in total. The van der Waals surface area contributed by atoms with E-state index in [1.165, 1.54) is 7.05 Å². The third kappa shape index (κ3) is 3.67. The Bertz CT molecular complexity index is 200. The molecule has 5 heteroatoms. The summed E-state index contributed by atoms with van der Waals surface area (Å²) in [6.07, 6.45) is 2.52. The molecule has 1 amide bonds. The van der Waals surface area contributed by atoms with Crippen molar-refractivity contribution in [3.63, 3.8) is 0 Å². The number of hydrogen-bond donors (Lipinski definition) is 2. The Morgan fingerprint density at radius 2 is 2.09 bits per heavy atom. The van der Waals surface area contributed by atoms with Gasteiger partial charge in [0.2, 0.25) is 0 Å². The Morgan fingerprint density at radius 1 is 1.55 bits per heavy atom. The van der Waals surface area contributed by atoms with Crippen LogP contribution in [0.5, 0.6) is 0 Å². The van der Waals surface area contributed by atoms with Crippen LogP contribution >= 0.6 is 11.8 Å². The highest BCUT2D eigenvalue weighted by Crippen LogP contribution is 2.10. The number of rotatable bonds is 3. The predicted molar refractivity (Wildman–Crippen MR) is 43.3 cm³/mol. The van der Waals surface area contributed by atoms with Crippen molar-refractivity contribution in [1.29, 1.82) is 0 Å². The molecule has 0 aromatic rings. The second-order valence-corrected chi connectivity index (χ2v) is 2.48. The van der Waals surface area contributed by atoms with E-state index >= 15 is 0 Å². The van der Waals surface area contributed by atoms with E-state index in [4.69, 9.17) is 5.11 Å². The fourth-order valence-corrected chi connectivity index (χ4v) is 0.959. The number of amides is 1. The topological polar surface area (TPSA) is 66.4 Å². The average Bonchev–Trinajstić information content (AvgIpc) is 1.98. The maximum Gasteiger partial charge on any atom is 0.329 e. The van der Waals surface area contributed by atoms with E-state index in [0.29, 0.717) is 0 Å². The molecule has 62 valence electrons. The summed E-state index contributed by atoms with van der Waals surface area (Å²) < 4.78 is 0. The molecule has 0 aromatic heterocycles. The smallest absolute Gasteiger partial charge is 0.329 e. The summed E-state index contributed by atoms with van der Waals surface area (Å²) in [6, 6.07) is 0. The zero-order chi connectivity index (χ0) is 8.85. The number of nitrogens with one attached hydrogen (secondary N) is 1. The van der Waals surface area contributed by atoms with E-state index in [1.807, 2.05) is 0 Å². The molecule has 0 aliphatic carbocycles. The first kappa shape index (κ1) is 10.0. The van der Waals surface area contributed by atoms with Gasteiger partial charge < -0.3 is 10.4 Å².